The Morgan fingerprint density at radius 1 is 1.30 bits per heavy atom. The van der Waals surface area contributed by atoms with E-state index < -0.39 is 11.9 Å². The maximum Gasteiger partial charge on any atom is 0.435 e. The maximum atomic E-state index is 12.7. The van der Waals surface area contributed by atoms with Crippen LogP contribution in [0.25, 0.3) is 5.69 Å². The second-order valence-electron chi connectivity index (χ2n) is 5.11. The fourth-order valence-corrected chi connectivity index (χ4v) is 2.00. The number of hydrogen-bond acceptors (Lipinski definition) is 4. The third kappa shape index (κ3) is 4.22. The molecule has 0 radical (unpaired) electrons. The molecule has 0 unspecified atom stereocenters. The van der Waals surface area contributed by atoms with Crippen LogP contribution in [0.15, 0.2) is 40.9 Å². The van der Waals surface area contributed by atoms with Crippen LogP contribution in [0.2, 0.25) is 0 Å². The second kappa shape index (κ2) is 6.57. The van der Waals surface area contributed by atoms with Crippen molar-refractivity contribution in [2.24, 2.45) is 5.73 Å². The molecule has 0 fully saturated rings. The average molecular weight is 342 g/mol. The van der Waals surface area contributed by atoms with Crippen molar-refractivity contribution in [1.29, 1.82) is 0 Å². The van der Waals surface area contributed by atoms with Gasteiger partial charge in [-0.2, -0.15) is 18.3 Å². The molecule has 1 aromatic heterocycles. The van der Waals surface area contributed by atoms with Gasteiger partial charge in [0.1, 0.15) is 0 Å². The first-order chi connectivity index (χ1) is 10.7. The minimum atomic E-state index is -4.45. The van der Waals surface area contributed by atoms with Gasteiger partial charge in [0.05, 0.1) is 5.69 Å². The molecule has 3 N–H and O–H groups in total. The molecule has 1 heterocycles. The topological polar surface area (TPSA) is 55.9 Å². The number of alkyl halides is 3. The summed E-state index contributed by atoms with van der Waals surface area (Å²) in [6, 6.07) is 7.93. The largest absolute Gasteiger partial charge is 0.435 e. The minimum Gasteiger partial charge on any atom is -0.402 e. The lowest BCUT2D eigenvalue weighted by Crippen LogP contribution is -2.08. The van der Waals surface area contributed by atoms with Gasteiger partial charge >= 0.3 is 6.18 Å². The highest BCUT2D eigenvalue weighted by Crippen LogP contribution is 2.29. The fraction of sp³-hybridized carbons (Fsp3) is 0.267. The fourth-order valence-electron chi connectivity index (χ4n) is 1.92. The Balaban J connectivity index is 2.17. The number of allylic oxidation sites excluding steroid dienone is 1. The van der Waals surface area contributed by atoms with Crippen molar-refractivity contribution in [2.45, 2.75) is 20.0 Å². The van der Waals surface area contributed by atoms with Gasteiger partial charge < -0.3 is 11.1 Å². The van der Waals surface area contributed by atoms with E-state index in [1.807, 2.05) is 0 Å². The molecule has 0 aliphatic carbocycles. The zero-order chi connectivity index (χ0) is 17.2. The minimum absolute atomic E-state index is 0.414. The summed E-state index contributed by atoms with van der Waals surface area (Å²) in [6.07, 6.45) is -4.45. The van der Waals surface area contributed by atoms with Crippen LogP contribution in [0.4, 0.5) is 18.9 Å². The number of aromatic nitrogens is 2. The Labute approximate surface area is 137 Å². The molecule has 0 saturated carbocycles. The highest BCUT2D eigenvalue weighted by molar-refractivity contribution is 7.84. The van der Waals surface area contributed by atoms with Gasteiger partial charge in [0.15, 0.2) is 5.69 Å². The third-order valence-electron chi connectivity index (χ3n) is 3.20. The Kier molecular flexibility index (Phi) is 4.93. The molecule has 8 heteroatoms. The van der Waals surface area contributed by atoms with Crippen LogP contribution in [0.1, 0.15) is 18.3 Å². The van der Waals surface area contributed by atoms with E-state index in [0.717, 1.165) is 16.7 Å². The number of halogens is 3. The smallest absolute Gasteiger partial charge is 0.402 e. The quantitative estimate of drug-likeness (QED) is 0.742. The second-order valence-corrected chi connectivity index (χ2v) is 5.65. The number of rotatable bonds is 4. The lowest BCUT2D eigenvalue weighted by Gasteiger charge is -2.09. The third-order valence-corrected chi connectivity index (χ3v) is 3.72. The van der Waals surface area contributed by atoms with Gasteiger partial charge in [-0.3, -0.25) is 0 Å². The summed E-state index contributed by atoms with van der Waals surface area (Å²) in [7, 11) is 0. The number of nitrogens with two attached hydrogens (primary N) is 1. The normalized spacial score (nSPS) is 13.0. The Morgan fingerprint density at radius 3 is 2.39 bits per heavy atom. The molecule has 2 aromatic rings. The lowest BCUT2D eigenvalue weighted by molar-refractivity contribution is -0.141. The molecule has 0 spiro atoms. The number of nitrogens with one attached hydrogen (secondary N) is 1. The molecule has 4 nitrogen and oxygen atoms in total. The van der Waals surface area contributed by atoms with Gasteiger partial charge in [-0.1, -0.05) is 0 Å². The van der Waals surface area contributed by atoms with Gasteiger partial charge in [0.25, 0.3) is 0 Å². The number of hydrogen-bond donors (Lipinski definition) is 3. The number of anilines is 1. The van der Waals surface area contributed by atoms with Crippen LogP contribution in [0.5, 0.6) is 0 Å². The lowest BCUT2D eigenvalue weighted by atomic mass is 10.2. The van der Waals surface area contributed by atoms with E-state index in [1.54, 1.807) is 38.1 Å². The monoisotopic (exact) mass is 342 g/mol. The van der Waals surface area contributed by atoms with Crippen LogP contribution in [0, 0.1) is 6.92 Å². The molecule has 0 bridgehead atoms. The standard InChI is InChI=1S/C15H17F3N4S/c1-9-7-14(15(16,17)18)21-22(9)12-5-3-11(4-6-12)20-8-13(23)10(2)19/h3-7,20,23H,8,19H2,1-2H3/b13-10-. The molecule has 2 rings (SSSR count). The first kappa shape index (κ1) is 17.3. The van der Waals surface area contributed by atoms with E-state index >= 15 is 0 Å². The van der Waals surface area contributed by atoms with Crippen LogP contribution in [-0.4, -0.2) is 16.3 Å². The van der Waals surface area contributed by atoms with Crippen molar-refractivity contribution >= 4 is 18.3 Å². The molecule has 1 aromatic carbocycles. The van der Waals surface area contributed by atoms with Gasteiger partial charge in [-0.25, -0.2) is 4.68 Å². The summed E-state index contributed by atoms with van der Waals surface area (Å²) >= 11 is 4.25. The Bertz CT molecular complexity index is 713. The molecule has 0 amide bonds. The van der Waals surface area contributed by atoms with Gasteiger partial charge in [0.2, 0.25) is 0 Å². The average Bonchev–Trinajstić information content (AvgIpc) is 2.87. The number of nitrogens with zero attached hydrogens (tertiary/aromatic N) is 2. The summed E-state index contributed by atoms with van der Waals surface area (Å²) < 4.78 is 39.3. The van der Waals surface area contributed by atoms with E-state index in [2.05, 4.69) is 23.0 Å². The molecule has 0 aliphatic heterocycles. The van der Waals surface area contributed by atoms with E-state index in [0.29, 0.717) is 23.6 Å². The molecule has 23 heavy (non-hydrogen) atoms. The van der Waals surface area contributed by atoms with E-state index in [-0.39, 0.29) is 0 Å². The Morgan fingerprint density at radius 2 is 1.91 bits per heavy atom. The first-order valence-corrected chi connectivity index (χ1v) is 7.25. The predicted molar refractivity (Wildman–Crippen MR) is 87.7 cm³/mol. The number of aryl methyl sites for hydroxylation is 1. The van der Waals surface area contributed by atoms with Crippen molar-refractivity contribution in [3.05, 3.63) is 52.3 Å². The van der Waals surface area contributed by atoms with E-state index in [9.17, 15) is 13.2 Å². The molecule has 0 saturated heterocycles. The first-order valence-electron chi connectivity index (χ1n) is 6.81. The molecular weight excluding hydrogens is 325 g/mol. The highest BCUT2D eigenvalue weighted by Gasteiger charge is 2.34. The van der Waals surface area contributed by atoms with Crippen molar-refractivity contribution < 1.29 is 13.2 Å². The molecule has 124 valence electrons. The van der Waals surface area contributed by atoms with Gasteiger partial charge in [0, 0.05) is 28.5 Å². The molecule has 0 aliphatic rings. The van der Waals surface area contributed by atoms with Crippen LogP contribution in [-0.2, 0) is 6.18 Å². The number of benzene rings is 1. The van der Waals surface area contributed by atoms with E-state index in [1.165, 1.54) is 4.68 Å². The zero-order valence-electron chi connectivity index (χ0n) is 12.6. The number of thiol groups is 1. The molecular formula is C15H17F3N4S. The summed E-state index contributed by atoms with van der Waals surface area (Å²) in [5.41, 5.74) is 7.12. The summed E-state index contributed by atoms with van der Waals surface area (Å²) in [6.45, 7) is 3.81. The van der Waals surface area contributed by atoms with Crippen LogP contribution < -0.4 is 11.1 Å². The molecule has 0 atom stereocenters. The van der Waals surface area contributed by atoms with Crippen molar-refractivity contribution in [2.75, 3.05) is 11.9 Å². The van der Waals surface area contributed by atoms with Crippen molar-refractivity contribution in [3.8, 4) is 5.69 Å². The van der Waals surface area contributed by atoms with Crippen molar-refractivity contribution in [1.82, 2.24) is 9.78 Å². The van der Waals surface area contributed by atoms with Crippen LogP contribution >= 0.6 is 12.6 Å². The van der Waals surface area contributed by atoms with Gasteiger partial charge in [-0.15, -0.1) is 12.6 Å². The predicted octanol–water partition coefficient (Wildman–Crippen LogP) is 3.73. The summed E-state index contributed by atoms with van der Waals surface area (Å²) in [5.74, 6) is 0. The van der Waals surface area contributed by atoms with E-state index in [4.69, 9.17) is 5.73 Å². The van der Waals surface area contributed by atoms with Crippen molar-refractivity contribution in [3.63, 3.8) is 0 Å². The highest BCUT2D eigenvalue weighted by atomic mass is 32.1. The van der Waals surface area contributed by atoms with Gasteiger partial charge in [-0.05, 0) is 44.2 Å². The summed E-state index contributed by atoms with van der Waals surface area (Å²) in [4.78, 5) is 0.729. The van der Waals surface area contributed by atoms with Crippen LogP contribution in [0.3, 0.4) is 0 Å². The maximum absolute atomic E-state index is 12.7. The summed E-state index contributed by atoms with van der Waals surface area (Å²) in [5, 5.41) is 6.74. The zero-order valence-corrected chi connectivity index (χ0v) is 13.5. The Hall–Kier alpha value is -2.09. The SMILES string of the molecule is C/C(N)=C(/S)CNc1ccc(-n2nc(C(F)(F)F)cc2C)cc1.